The van der Waals surface area contributed by atoms with Crippen molar-refractivity contribution in [3.63, 3.8) is 0 Å². The first-order chi connectivity index (χ1) is 9.13. The highest BCUT2D eigenvalue weighted by Gasteiger charge is 2.23. The van der Waals surface area contributed by atoms with Gasteiger partial charge in [-0.1, -0.05) is 26.8 Å². The molecule has 2 aromatic rings. The van der Waals surface area contributed by atoms with Crippen LogP contribution in [-0.4, -0.2) is 16.1 Å². The largest absolute Gasteiger partial charge is 0.333 e. The maximum atomic E-state index is 4.29. The van der Waals surface area contributed by atoms with Crippen LogP contribution in [0.15, 0.2) is 30.0 Å². The summed E-state index contributed by atoms with van der Waals surface area (Å²) >= 11 is 1.83. The van der Waals surface area contributed by atoms with Crippen molar-refractivity contribution in [3.05, 3.63) is 40.6 Å². The van der Waals surface area contributed by atoms with E-state index in [0.29, 0.717) is 0 Å². The second-order valence-electron chi connectivity index (χ2n) is 5.55. The van der Waals surface area contributed by atoms with E-state index in [2.05, 4.69) is 53.2 Å². The summed E-state index contributed by atoms with van der Waals surface area (Å²) in [4.78, 5) is 5.72. The van der Waals surface area contributed by atoms with E-state index in [1.165, 1.54) is 10.6 Å². The van der Waals surface area contributed by atoms with Gasteiger partial charge in [-0.2, -0.15) is 0 Å². The van der Waals surface area contributed by atoms with Gasteiger partial charge in [0.1, 0.15) is 0 Å². The minimum Gasteiger partial charge on any atom is -0.333 e. The maximum Gasteiger partial charge on any atom is 0.0948 e. The van der Waals surface area contributed by atoms with Gasteiger partial charge >= 0.3 is 0 Å². The molecule has 4 heteroatoms. The van der Waals surface area contributed by atoms with Gasteiger partial charge in [-0.15, -0.1) is 11.3 Å². The molecule has 2 heterocycles. The van der Waals surface area contributed by atoms with Crippen LogP contribution in [0.2, 0.25) is 0 Å². The Labute approximate surface area is 119 Å². The van der Waals surface area contributed by atoms with Gasteiger partial charge in [-0.25, -0.2) is 4.98 Å². The molecule has 0 aliphatic heterocycles. The molecule has 0 saturated carbocycles. The highest BCUT2D eigenvalue weighted by Crippen LogP contribution is 2.29. The van der Waals surface area contributed by atoms with Crippen LogP contribution in [0.25, 0.3) is 0 Å². The summed E-state index contributed by atoms with van der Waals surface area (Å²) < 4.78 is 2.27. The number of imidazole rings is 1. The lowest BCUT2D eigenvalue weighted by Gasteiger charge is -2.25. The molecule has 0 saturated heterocycles. The summed E-state index contributed by atoms with van der Waals surface area (Å²) in [7, 11) is 0. The number of thiophene rings is 1. The first kappa shape index (κ1) is 14.3. The summed E-state index contributed by atoms with van der Waals surface area (Å²) in [6.45, 7) is 9.69. The van der Waals surface area contributed by atoms with Crippen molar-refractivity contribution in [2.75, 3.05) is 6.54 Å². The zero-order valence-corrected chi connectivity index (χ0v) is 12.8. The predicted molar refractivity (Wildman–Crippen MR) is 81.6 cm³/mol. The number of aromatic nitrogens is 2. The van der Waals surface area contributed by atoms with E-state index in [1.54, 1.807) is 0 Å². The summed E-state index contributed by atoms with van der Waals surface area (Å²) in [5, 5.41) is 5.59. The van der Waals surface area contributed by atoms with Gasteiger partial charge in [-0.05, 0) is 24.4 Å². The first-order valence-corrected chi connectivity index (χ1v) is 7.75. The minimum atomic E-state index is 0.147. The van der Waals surface area contributed by atoms with Crippen molar-refractivity contribution < 1.29 is 0 Å². The van der Waals surface area contributed by atoms with Crippen molar-refractivity contribution in [2.45, 2.75) is 45.7 Å². The smallest absolute Gasteiger partial charge is 0.0948 e. The summed E-state index contributed by atoms with van der Waals surface area (Å²) in [6, 6.07) is 4.34. The van der Waals surface area contributed by atoms with Crippen LogP contribution in [0, 0.1) is 0 Å². The van der Waals surface area contributed by atoms with Crippen molar-refractivity contribution in [1.82, 2.24) is 14.9 Å². The molecular weight excluding hydrogens is 254 g/mol. The fraction of sp³-hybridized carbons (Fsp3) is 0.533. The minimum absolute atomic E-state index is 0.147. The van der Waals surface area contributed by atoms with Crippen LogP contribution in [-0.2, 0) is 18.5 Å². The molecule has 1 N–H and O–H groups in total. The van der Waals surface area contributed by atoms with E-state index in [4.69, 9.17) is 0 Å². The molecule has 0 aromatic carbocycles. The number of nitrogens with one attached hydrogen (secondary N) is 1. The second kappa shape index (κ2) is 6.35. The lowest BCUT2D eigenvalue weighted by atomic mass is 9.91. The standard InChI is InChI=1S/C15H23N3S/c1-4-7-16-9-13-10-17-12-18(13)11-15(2,3)14-6-5-8-19-14/h5-6,8,10,12,16H,4,7,9,11H2,1-3H3. The summed E-state index contributed by atoms with van der Waals surface area (Å²) in [6.07, 6.45) is 5.07. The monoisotopic (exact) mass is 277 g/mol. The van der Waals surface area contributed by atoms with Crippen LogP contribution in [0.5, 0.6) is 0 Å². The Hall–Kier alpha value is -1.13. The molecule has 19 heavy (non-hydrogen) atoms. The van der Waals surface area contributed by atoms with Crippen LogP contribution in [0.4, 0.5) is 0 Å². The van der Waals surface area contributed by atoms with Crippen molar-refractivity contribution in [1.29, 1.82) is 0 Å². The SMILES string of the molecule is CCCNCc1cncn1CC(C)(C)c1cccs1. The third-order valence-electron chi connectivity index (χ3n) is 3.29. The normalized spacial score (nSPS) is 11.9. The lowest BCUT2D eigenvalue weighted by molar-refractivity contribution is 0.430. The Morgan fingerprint density at radius 3 is 2.95 bits per heavy atom. The molecule has 0 radical (unpaired) electrons. The van der Waals surface area contributed by atoms with Crippen LogP contribution in [0.1, 0.15) is 37.8 Å². The quantitative estimate of drug-likeness (QED) is 0.786. The molecule has 0 unspecified atom stereocenters. The summed E-state index contributed by atoms with van der Waals surface area (Å²) in [5.74, 6) is 0. The van der Waals surface area contributed by atoms with Crippen molar-refractivity contribution >= 4 is 11.3 Å². The number of hydrogen-bond acceptors (Lipinski definition) is 3. The topological polar surface area (TPSA) is 29.9 Å². The molecule has 2 rings (SSSR count). The Bertz CT molecular complexity index is 485. The van der Waals surface area contributed by atoms with E-state index in [1.807, 2.05) is 23.9 Å². The average Bonchev–Trinajstić information content (AvgIpc) is 3.01. The molecule has 0 amide bonds. The lowest BCUT2D eigenvalue weighted by Crippen LogP contribution is -2.25. The number of rotatable bonds is 7. The Balaban J connectivity index is 2.05. The van der Waals surface area contributed by atoms with Gasteiger partial charge in [0, 0.05) is 29.6 Å². The van der Waals surface area contributed by atoms with Gasteiger partial charge in [0.05, 0.1) is 12.0 Å². The van der Waals surface area contributed by atoms with Crippen molar-refractivity contribution in [2.24, 2.45) is 0 Å². The molecule has 0 aliphatic rings. The third-order valence-corrected chi connectivity index (χ3v) is 4.52. The molecule has 0 fully saturated rings. The molecule has 3 nitrogen and oxygen atoms in total. The molecule has 0 atom stereocenters. The molecule has 0 bridgehead atoms. The Morgan fingerprint density at radius 1 is 1.42 bits per heavy atom. The van der Waals surface area contributed by atoms with E-state index in [-0.39, 0.29) is 5.41 Å². The molecule has 2 aromatic heterocycles. The van der Waals surface area contributed by atoms with Gasteiger partial charge in [0.2, 0.25) is 0 Å². The van der Waals surface area contributed by atoms with Crippen LogP contribution >= 0.6 is 11.3 Å². The molecule has 0 aliphatic carbocycles. The molecular formula is C15H23N3S. The Kier molecular flexibility index (Phi) is 4.77. The van der Waals surface area contributed by atoms with Crippen LogP contribution in [0.3, 0.4) is 0 Å². The van der Waals surface area contributed by atoms with E-state index in [0.717, 1.165) is 26.1 Å². The molecule has 0 spiro atoms. The van der Waals surface area contributed by atoms with Gasteiger partial charge in [-0.3, -0.25) is 0 Å². The highest BCUT2D eigenvalue weighted by atomic mass is 32.1. The van der Waals surface area contributed by atoms with Gasteiger partial charge in [0.25, 0.3) is 0 Å². The Morgan fingerprint density at radius 2 is 2.26 bits per heavy atom. The van der Waals surface area contributed by atoms with E-state index >= 15 is 0 Å². The zero-order chi connectivity index (χ0) is 13.7. The van der Waals surface area contributed by atoms with Gasteiger partial charge < -0.3 is 9.88 Å². The fourth-order valence-corrected chi connectivity index (χ4v) is 3.04. The van der Waals surface area contributed by atoms with Crippen LogP contribution < -0.4 is 5.32 Å². The van der Waals surface area contributed by atoms with Crippen molar-refractivity contribution in [3.8, 4) is 0 Å². The zero-order valence-electron chi connectivity index (χ0n) is 12.0. The van der Waals surface area contributed by atoms with E-state index < -0.39 is 0 Å². The second-order valence-corrected chi connectivity index (χ2v) is 6.50. The van der Waals surface area contributed by atoms with Gasteiger partial charge in [0.15, 0.2) is 0 Å². The highest BCUT2D eigenvalue weighted by molar-refractivity contribution is 7.10. The molecule has 104 valence electrons. The number of nitrogens with zero attached hydrogens (tertiary/aromatic N) is 2. The van der Waals surface area contributed by atoms with E-state index in [9.17, 15) is 0 Å². The number of hydrogen-bond donors (Lipinski definition) is 1. The average molecular weight is 277 g/mol. The fourth-order valence-electron chi connectivity index (χ4n) is 2.20. The predicted octanol–water partition coefficient (Wildman–Crippen LogP) is 3.42. The summed E-state index contributed by atoms with van der Waals surface area (Å²) in [5.41, 5.74) is 1.41. The first-order valence-electron chi connectivity index (χ1n) is 6.87. The third kappa shape index (κ3) is 3.67. The maximum absolute atomic E-state index is 4.29.